The molecule has 0 spiro atoms. The number of fused-ring (bicyclic) bond motifs is 1. The van der Waals surface area contributed by atoms with Gasteiger partial charge >= 0.3 is 5.76 Å². The molecule has 1 aromatic heterocycles. The third-order valence-electron chi connectivity index (χ3n) is 4.74. The van der Waals surface area contributed by atoms with Gasteiger partial charge in [-0.2, -0.15) is 0 Å². The first-order chi connectivity index (χ1) is 13.1. The number of nitrogens with zero attached hydrogens (tertiary/aromatic N) is 1. The minimum Gasteiger partial charge on any atom is -0.408 e. The Kier molecular flexibility index (Phi) is 4.50. The van der Waals surface area contributed by atoms with Gasteiger partial charge in [-0.3, -0.25) is 14.6 Å². The van der Waals surface area contributed by atoms with E-state index in [9.17, 15) is 14.4 Å². The Bertz CT molecular complexity index is 1050. The van der Waals surface area contributed by atoms with E-state index < -0.39 is 5.76 Å². The molecule has 2 aromatic carbocycles. The lowest BCUT2D eigenvalue weighted by molar-refractivity contribution is -0.127. The number of oxazole rings is 1. The van der Waals surface area contributed by atoms with Gasteiger partial charge in [0.25, 0.3) is 5.91 Å². The van der Waals surface area contributed by atoms with Crippen LogP contribution in [0.15, 0.2) is 51.7 Å². The number of hydrogen-bond donors (Lipinski definition) is 2. The third-order valence-corrected chi connectivity index (χ3v) is 4.74. The Balaban J connectivity index is 1.40. The van der Waals surface area contributed by atoms with Crippen molar-refractivity contribution in [1.29, 1.82) is 0 Å². The number of carbonyl (C=O) groups is 2. The molecule has 1 aliphatic heterocycles. The summed E-state index contributed by atoms with van der Waals surface area (Å²) >= 11 is 0. The molecule has 2 N–H and O–H groups in total. The summed E-state index contributed by atoms with van der Waals surface area (Å²) in [5.41, 5.74) is 3.55. The van der Waals surface area contributed by atoms with Crippen molar-refractivity contribution in [2.24, 2.45) is 0 Å². The molecule has 0 unspecified atom stereocenters. The first-order valence-corrected chi connectivity index (χ1v) is 8.89. The van der Waals surface area contributed by atoms with Gasteiger partial charge in [-0.25, -0.2) is 4.79 Å². The van der Waals surface area contributed by atoms with Crippen molar-refractivity contribution in [2.45, 2.75) is 12.8 Å². The first-order valence-electron chi connectivity index (χ1n) is 8.89. The number of aromatic amines is 1. The van der Waals surface area contributed by atoms with Gasteiger partial charge in [0.05, 0.1) is 5.52 Å². The smallest absolute Gasteiger partial charge is 0.408 e. The van der Waals surface area contributed by atoms with E-state index in [1.807, 2.05) is 24.3 Å². The highest BCUT2D eigenvalue weighted by Crippen LogP contribution is 2.23. The zero-order valence-corrected chi connectivity index (χ0v) is 14.7. The predicted molar refractivity (Wildman–Crippen MR) is 100 cm³/mol. The quantitative estimate of drug-likeness (QED) is 0.724. The molecule has 0 radical (unpaired) electrons. The van der Waals surface area contributed by atoms with Crippen LogP contribution in [0.1, 0.15) is 23.2 Å². The van der Waals surface area contributed by atoms with E-state index in [0.29, 0.717) is 36.2 Å². The molecule has 0 aliphatic carbocycles. The van der Waals surface area contributed by atoms with E-state index in [0.717, 1.165) is 24.1 Å². The predicted octanol–water partition coefficient (Wildman–Crippen LogP) is 2.14. The lowest BCUT2D eigenvalue weighted by Gasteiger charge is -2.15. The maximum atomic E-state index is 12.3. The highest BCUT2D eigenvalue weighted by molar-refractivity contribution is 5.94. The SMILES string of the molecule is O=C(NCCN1CCCC1=O)c1ccc(-c2ccc3oc(=O)[nH]c3c2)cc1. The van der Waals surface area contributed by atoms with Crippen molar-refractivity contribution >= 4 is 22.9 Å². The van der Waals surface area contributed by atoms with Crippen LogP contribution in [0, 0.1) is 0 Å². The zero-order valence-electron chi connectivity index (χ0n) is 14.7. The number of nitrogens with one attached hydrogen (secondary N) is 2. The molecule has 138 valence electrons. The average Bonchev–Trinajstić information content (AvgIpc) is 3.25. The van der Waals surface area contributed by atoms with Crippen LogP contribution in [0.2, 0.25) is 0 Å². The van der Waals surface area contributed by atoms with E-state index in [2.05, 4.69) is 10.3 Å². The number of aromatic nitrogens is 1. The minimum absolute atomic E-state index is 0.157. The molecule has 2 amide bonds. The monoisotopic (exact) mass is 365 g/mol. The van der Waals surface area contributed by atoms with Crippen LogP contribution in [0.5, 0.6) is 0 Å². The molecule has 3 aromatic rings. The highest BCUT2D eigenvalue weighted by atomic mass is 16.4. The Morgan fingerprint density at radius 3 is 2.63 bits per heavy atom. The van der Waals surface area contributed by atoms with Gasteiger partial charge in [0.2, 0.25) is 5.91 Å². The number of carbonyl (C=O) groups excluding carboxylic acids is 2. The van der Waals surface area contributed by atoms with Crippen LogP contribution in [0.25, 0.3) is 22.2 Å². The van der Waals surface area contributed by atoms with Gasteiger partial charge in [0.1, 0.15) is 0 Å². The third kappa shape index (κ3) is 3.62. The summed E-state index contributed by atoms with van der Waals surface area (Å²) in [7, 11) is 0. The van der Waals surface area contributed by atoms with Crippen molar-refractivity contribution < 1.29 is 14.0 Å². The normalized spacial score (nSPS) is 14.1. The standard InChI is InChI=1S/C20H19N3O4/c24-18-2-1-10-23(18)11-9-21-19(25)14-5-3-13(4-6-14)15-7-8-17-16(12-15)22-20(26)27-17/h3-8,12H,1-2,9-11H2,(H,21,25)(H,22,26). The Hall–Kier alpha value is -3.35. The summed E-state index contributed by atoms with van der Waals surface area (Å²) in [5.74, 6) is -0.489. The number of amides is 2. The summed E-state index contributed by atoms with van der Waals surface area (Å²) in [6.07, 6.45) is 1.50. The van der Waals surface area contributed by atoms with Crippen molar-refractivity contribution in [3.05, 3.63) is 58.6 Å². The number of hydrogen-bond acceptors (Lipinski definition) is 4. The maximum absolute atomic E-state index is 12.3. The first kappa shape index (κ1) is 17.1. The number of benzene rings is 2. The lowest BCUT2D eigenvalue weighted by atomic mass is 10.0. The molecule has 2 heterocycles. The van der Waals surface area contributed by atoms with E-state index in [1.165, 1.54) is 0 Å². The van der Waals surface area contributed by atoms with Crippen LogP contribution in [-0.4, -0.2) is 41.3 Å². The molecule has 1 saturated heterocycles. The Labute approximate surface area is 155 Å². The van der Waals surface area contributed by atoms with Crippen LogP contribution in [-0.2, 0) is 4.79 Å². The molecule has 7 nitrogen and oxygen atoms in total. The van der Waals surface area contributed by atoms with Crippen molar-refractivity contribution in [3.8, 4) is 11.1 Å². The molecule has 27 heavy (non-hydrogen) atoms. The van der Waals surface area contributed by atoms with Crippen molar-refractivity contribution in [2.75, 3.05) is 19.6 Å². The molecular weight excluding hydrogens is 346 g/mol. The van der Waals surface area contributed by atoms with Crippen LogP contribution in [0.4, 0.5) is 0 Å². The summed E-state index contributed by atoms with van der Waals surface area (Å²) in [6, 6.07) is 12.7. The zero-order chi connectivity index (χ0) is 18.8. The molecule has 0 saturated carbocycles. The van der Waals surface area contributed by atoms with E-state index in [-0.39, 0.29) is 11.8 Å². The second kappa shape index (κ2) is 7.11. The second-order valence-corrected chi connectivity index (χ2v) is 6.54. The highest BCUT2D eigenvalue weighted by Gasteiger charge is 2.19. The molecule has 1 fully saturated rings. The fourth-order valence-corrected chi connectivity index (χ4v) is 3.29. The number of likely N-dealkylation sites (tertiary alicyclic amines) is 1. The van der Waals surface area contributed by atoms with E-state index in [1.54, 1.807) is 23.1 Å². The van der Waals surface area contributed by atoms with Gasteiger partial charge in [-0.05, 0) is 41.8 Å². The van der Waals surface area contributed by atoms with Gasteiger partial charge in [0.15, 0.2) is 5.58 Å². The summed E-state index contributed by atoms with van der Waals surface area (Å²) in [4.78, 5) is 39.5. The van der Waals surface area contributed by atoms with Crippen LogP contribution < -0.4 is 11.1 Å². The number of H-pyrrole nitrogens is 1. The number of rotatable bonds is 5. The fraction of sp³-hybridized carbons (Fsp3) is 0.250. The molecule has 0 atom stereocenters. The molecule has 1 aliphatic rings. The van der Waals surface area contributed by atoms with Crippen LogP contribution >= 0.6 is 0 Å². The summed E-state index contributed by atoms with van der Waals surface area (Å²) in [6.45, 7) is 1.76. The van der Waals surface area contributed by atoms with E-state index >= 15 is 0 Å². The second-order valence-electron chi connectivity index (χ2n) is 6.54. The molecule has 0 bridgehead atoms. The molecule has 7 heteroatoms. The van der Waals surface area contributed by atoms with Gasteiger partial charge in [-0.15, -0.1) is 0 Å². The largest absolute Gasteiger partial charge is 0.417 e. The fourth-order valence-electron chi connectivity index (χ4n) is 3.29. The molecular formula is C20H19N3O4. The van der Waals surface area contributed by atoms with Crippen molar-refractivity contribution in [1.82, 2.24) is 15.2 Å². The van der Waals surface area contributed by atoms with Crippen molar-refractivity contribution in [3.63, 3.8) is 0 Å². The van der Waals surface area contributed by atoms with Gasteiger partial charge in [-0.1, -0.05) is 18.2 Å². The Morgan fingerprint density at radius 2 is 1.89 bits per heavy atom. The summed E-state index contributed by atoms with van der Waals surface area (Å²) in [5, 5.41) is 2.85. The minimum atomic E-state index is -0.482. The van der Waals surface area contributed by atoms with Gasteiger partial charge in [0, 0.05) is 31.6 Å². The topological polar surface area (TPSA) is 95.4 Å². The van der Waals surface area contributed by atoms with E-state index in [4.69, 9.17) is 4.42 Å². The Morgan fingerprint density at radius 1 is 1.11 bits per heavy atom. The lowest BCUT2D eigenvalue weighted by Crippen LogP contribution is -2.35. The molecule has 4 rings (SSSR count). The van der Waals surface area contributed by atoms with Gasteiger partial charge < -0.3 is 14.6 Å². The van der Waals surface area contributed by atoms with Crippen LogP contribution in [0.3, 0.4) is 0 Å². The summed E-state index contributed by atoms with van der Waals surface area (Å²) < 4.78 is 5.00. The average molecular weight is 365 g/mol. The maximum Gasteiger partial charge on any atom is 0.417 e.